The molecule has 0 saturated carbocycles. The van der Waals surface area contributed by atoms with Gasteiger partial charge < -0.3 is 15.0 Å². The molecule has 0 saturated heterocycles. The van der Waals surface area contributed by atoms with Crippen molar-refractivity contribution < 1.29 is 14.3 Å². The van der Waals surface area contributed by atoms with Crippen LogP contribution in [0.5, 0.6) is 5.75 Å². The molecule has 0 radical (unpaired) electrons. The average molecular weight is 461 g/mol. The van der Waals surface area contributed by atoms with E-state index in [1.165, 1.54) is 0 Å². The highest BCUT2D eigenvalue weighted by atomic mass is 79.9. The zero-order valence-corrected chi connectivity index (χ0v) is 19.0. The van der Waals surface area contributed by atoms with Crippen LogP contribution in [0.15, 0.2) is 53.0 Å². The van der Waals surface area contributed by atoms with Gasteiger partial charge in [0.1, 0.15) is 11.8 Å². The zero-order chi connectivity index (χ0) is 21.4. The Morgan fingerprint density at radius 2 is 1.72 bits per heavy atom. The summed E-state index contributed by atoms with van der Waals surface area (Å²) in [5.74, 6) is 0.607. The van der Waals surface area contributed by atoms with E-state index in [9.17, 15) is 9.59 Å². The molecular weight excluding hydrogens is 432 g/mol. The SMILES string of the molecule is Cc1ccccc1OCC(=O)N(Cc1ccc(Br)cc1)[C@H](C)C(=O)NCC(C)C. The number of ether oxygens (including phenoxy) is 1. The van der Waals surface area contributed by atoms with Crippen molar-refractivity contribution in [3.63, 3.8) is 0 Å². The summed E-state index contributed by atoms with van der Waals surface area (Å²) >= 11 is 3.42. The van der Waals surface area contributed by atoms with Crippen LogP contribution in [-0.4, -0.2) is 35.9 Å². The molecular formula is C23H29BrN2O3. The molecule has 0 aliphatic heterocycles. The van der Waals surface area contributed by atoms with Crippen molar-refractivity contribution >= 4 is 27.7 Å². The molecule has 6 heteroatoms. The molecule has 0 spiro atoms. The lowest BCUT2D eigenvalue weighted by molar-refractivity contribution is -0.142. The number of nitrogens with zero attached hydrogens (tertiary/aromatic N) is 1. The van der Waals surface area contributed by atoms with Crippen LogP contribution in [-0.2, 0) is 16.1 Å². The highest BCUT2D eigenvalue weighted by Gasteiger charge is 2.26. The van der Waals surface area contributed by atoms with Crippen molar-refractivity contribution in [2.24, 2.45) is 5.92 Å². The van der Waals surface area contributed by atoms with Gasteiger partial charge in [-0.3, -0.25) is 9.59 Å². The van der Waals surface area contributed by atoms with Crippen LogP contribution in [0.4, 0.5) is 0 Å². The van der Waals surface area contributed by atoms with Crippen molar-refractivity contribution in [1.82, 2.24) is 10.2 Å². The lowest BCUT2D eigenvalue weighted by Crippen LogP contribution is -2.49. The van der Waals surface area contributed by atoms with Crippen molar-refractivity contribution in [1.29, 1.82) is 0 Å². The van der Waals surface area contributed by atoms with Gasteiger partial charge in [0.05, 0.1) is 0 Å². The summed E-state index contributed by atoms with van der Waals surface area (Å²) in [5.41, 5.74) is 1.91. The Bertz CT molecular complexity index is 821. The minimum Gasteiger partial charge on any atom is -0.484 e. The number of amides is 2. The predicted molar refractivity (Wildman–Crippen MR) is 119 cm³/mol. The van der Waals surface area contributed by atoms with E-state index < -0.39 is 6.04 Å². The van der Waals surface area contributed by atoms with Crippen LogP contribution in [0.3, 0.4) is 0 Å². The topological polar surface area (TPSA) is 58.6 Å². The van der Waals surface area contributed by atoms with Crippen LogP contribution < -0.4 is 10.1 Å². The molecule has 0 aliphatic rings. The molecule has 156 valence electrons. The van der Waals surface area contributed by atoms with Crippen molar-refractivity contribution in [2.45, 2.75) is 40.3 Å². The Morgan fingerprint density at radius 3 is 2.34 bits per heavy atom. The van der Waals surface area contributed by atoms with E-state index in [1.807, 2.05) is 69.3 Å². The minimum atomic E-state index is -0.606. The fourth-order valence-corrected chi connectivity index (χ4v) is 3.03. The molecule has 0 bridgehead atoms. The molecule has 1 atom stereocenters. The number of nitrogens with one attached hydrogen (secondary N) is 1. The molecule has 1 N–H and O–H groups in total. The monoisotopic (exact) mass is 460 g/mol. The third-order valence-electron chi connectivity index (χ3n) is 4.56. The highest BCUT2D eigenvalue weighted by Crippen LogP contribution is 2.18. The third kappa shape index (κ3) is 7.20. The van der Waals surface area contributed by atoms with Crippen LogP contribution >= 0.6 is 15.9 Å². The van der Waals surface area contributed by atoms with Crippen molar-refractivity contribution in [2.75, 3.05) is 13.2 Å². The lowest BCUT2D eigenvalue weighted by atomic mass is 10.1. The maximum atomic E-state index is 13.0. The summed E-state index contributed by atoms with van der Waals surface area (Å²) < 4.78 is 6.70. The van der Waals surface area contributed by atoms with Gasteiger partial charge in [0.2, 0.25) is 5.91 Å². The second-order valence-electron chi connectivity index (χ2n) is 7.52. The van der Waals surface area contributed by atoms with E-state index in [2.05, 4.69) is 21.2 Å². The second-order valence-corrected chi connectivity index (χ2v) is 8.43. The molecule has 0 unspecified atom stereocenters. The van der Waals surface area contributed by atoms with Crippen LogP contribution in [0, 0.1) is 12.8 Å². The van der Waals surface area contributed by atoms with Gasteiger partial charge in [-0.15, -0.1) is 0 Å². The lowest BCUT2D eigenvalue weighted by Gasteiger charge is -2.29. The molecule has 0 aromatic heterocycles. The van der Waals surface area contributed by atoms with E-state index in [0.29, 0.717) is 24.8 Å². The largest absolute Gasteiger partial charge is 0.484 e. The Balaban J connectivity index is 2.13. The number of hydrogen-bond acceptors (Lipinski definition) is 3. The Labute approximate surface area is 181 Å². The Hall–Kier alpha value is -2.34. The van der Waals surface area contributed by atoms with Crippen molar-refractivity contribution in [3.8, 4) is 5.75 Å². The van der Waals surface area contributed by atoms with Crippen LogP contribution in [0.1, 0.15) is 31.9 Å². The average Bonchev–Trinajstić information content (AvgIpc) is 2.70. The first-order valence-electron chi connectivity index (χ1n) is 9.78. The Kier molecular flexibility index (Phi) is 8.70. The molecule has 0 heterocycles. The first-order chi connectivity index (χ1) is 13.8. The summed E-state index contributed by atoms with van der Waals surface area (Å²) in [6.45, 7) is 8.53. The molecule has 2 rings (SSSR count). The summed E-state index contributed by atoms with van der Waals surface area (Å²) in [6, 6.07) is 14.7. The molecule has 5 nitrogen and oxygen atoms in total. The van der Waals surface area contributed by atoms with E-state index in [-0.39, 0.29) is 18.4 Å². The molecule has 2 aromatic rings. The Morgan fingerprint density at radius 1 is 1.07 bits per heavy atom. The van der Waals surface area contributed by atoms with Crippen molar-refractivity contribution in [3.05, 3.63) is 64.1 Å². The van der Waals surface area contributed by atoms with Gasteiger partial charge in [0.25, 0.3) is 5.91 Å². The van der Waals surface area contributed by atoms with E-state index in [4.69, 9.17) is 4.74 Å². The van der Waals surface area contributed by atoms with E-state index in [1.54, 1.807) is 11.8 Å². The number of rotatable bonds is 9. The number of halogens is 1. The third-order valence-corrected chi connectivity index (χ3v) is 5.09. The zero-order valence-electron chi connectivity index (χ0n) is 17.4. The minimum absolute atomic E-state index is 0.122. The quantitative estimate of drug-likeness (QED) is 0.605. The van der Waals surface area contributed by atoms with Gasteiger partial charge in [0, 0.05) is 17.6 Å². The summed E-state index contributed by atoms with van der Waals surface area (Å²) in [5, 5.41) is 2.91. The number of para-hydroxylation sites is 1. The fourth-order valence-electron chi connectivity index (χ4n) is 2.76. The number of carbonyl (C=O) groups is 2. The normalized spacial score (nSPS) is 11.8. The van der Waals surface area contributed by atoms with Gasteiger partial charge in [-0.25, -0.2) is 0 Å². The van der Waals surface area contributed by atoms with Gasteiger partial charge >= 0.3 is 0 Å². The maximum absolute atomic E-state index is 13.0. The first-order valence-corrected chi connectivity index (χ1v) is 10.6. The molecule has 29 heavy (non-hydrogen) atoms. The van der Waals surface area contributed by atoms with Crippen LogP contribution in [0.25, 0.3) is 0 Å². The second kappa shape index (κ2) is 11.0. The van der Waals surface area contributed by atoms with Crippen LogP contribution in [0.2, 0.25) is 0 Å². The molecule has 0 aliphatic carbocycles. The number of hydrogen-bond donors (Lipinski definition) is 1. The molecule has 2 amide bonds. The number of benzene rings is 2. The summed E-state index contributed by atoms with van der Waals surface area (Å²) in [7, 11) is 0. The smallest absolute Gasteiger partial charge is 0.261 e. The fraction of sp³-hybridized carbons (Fsp3) is 0.391. The van der Waals surface area contributed by atoms with Gasteiger partial charge in [-0.05, 0) is 49.1 Å². The van der Waals surface area contributed by atoms with E-state index >= 15 is 0 Å². The number of aryl methyl sites for hydroxylation is 1. The van der Waals surface area contributed by atoms with Gasteiger partial charge in [0.15, 0.2) is 6.61 Å². The molecule has 2 aromatic carbocycles. The van der Waals surface area contributed by atoms with E-state index in [0.717, 1.165) is 15.6 Å². The maximum Gasteiger partial charge on any atom is 0.261 e. The first kappa shape index (κ1) is 22.9. The summed E-state index contributed by atoms with van der Waals surface area (Å²) in [6.07, 6.45) is 0. The predicted octanol–water partition coefficient (Wildman–Crippen LogP) is 4.33. The van der Waals surface area contributed by atoms with Gasteiger partial charge in [-0.1, -0.05) is 60.1 Å². The highest BCUT2D eigenvalue weighted by molar-refractivity contribution is 9.10. The summed E-state index contributed by atoms with van der Waals surface area (Å²) in [4.78, 5) is 27.2. The molecule has 0 fully saturated rings. The standard InChI is InChI=1S/C23H29BrN2O3/c1-16(2)13-25-23(28)18(4)26(14-19-9-11-20(24)12-10-19)22(27)15-29-21-8-6-5-7-17(21)3/h5-12,16,18H,13-15H2,1-4H3,(H,25,28)/t18-/m1/s1. The van der Waals surface area contributed by atoms with Gasteiger partial charge in [-0.2, -0.15) is 0 Å². The number of carbonyl (C=O) groups excluding carboxylic acids is 2.